The lowest BCUT2D eigenvalue weighted by Gasteiger charge is -2.27. The number of aliphatic hydroxyl groups excluding tert-OH is 1. The van der Waals surface area contributed by atoms with Crippen molar-refractivity contribution in [3.8, 4) is 0 Å². The molecule has 0 spiro atoms. The molecule has 1 fully saturated rings. The van der Waals surface area contributed by atoms with Gasteiger partial charge in [0.15, 0.2) is 6.29 Å². The van der Waals surface area contributed by atoms with Gasteiger partial charge in [-0.3, -0.25) is 0 Å². The zero-order valence-corrected chi connectivity index (χ0v) is 7.36. The van der Waals surface area contributed by atoms with E-state index in [1.807, 2.05) is 0 Å². The van der Waals surface area contributed by atoms with E-state index in [2.05, 4.69) is 10.3 Å². The Morgan fingerprint density at radius 2 is 2.58 bits per heavy atom. The normalized spacial score (nSPS) is 25.7. The molecular formula is C8H16N2O2. The molecule has 0 saturated carbocycles. The third-order valence-corrected chi connectivity index (χ3v) is 1.91. The van der Waals surface area contributed by atoms with Gasteiger partial charge in [-0.15, -0.1) is 0 Å². The monoisotopic (exact) mass is 172 g/mol. The highest BCUT2D eigenvalue weighted by Gasteiger charge is 2.17. The molecule has 0 aromatic rings. The highest BCUT2D eigenvalue weighted by molar-refractivity contribution is 5.57. The van der Waals surface area contributed by atoms with Crippen molar-refractivity contribution in [2.45, 2.75) is 25.2 Å². The van der Waals surface area contributed by atoms with Crippen LogP contribution in [0.5, 0.6) is 0 Å². The Labute approximate surface area is 72.6 Å². The van der Waals surface area contributed by atoms with E-state index in [1.54, 1.807) is 13.3 Å². The Kier molecular flexibility index (Phi) is 4.21. The quantitative estimate of drug-likeness (QED) is 0.445. The van der Waals surface area contributed by atoms with E-state index < -0.39 is 6.29 Å². The van der Waals surface area contributed by atoms with Crippen molar-refractivity contribution in [3.05, 3.63) is 0 Å². The van der Waals surface area contributed by atoms with E-state index in [-0.39, 0.29) is 0 Å². The van der Waals surface area contributed by atoms with E-state index in [4.69, 9.17) is 4.74 Å². The van der Waals surface area contributed by atoms with Crippen LogP contribution in [0, 0.1) is 0 Å². The summed E-state index contributed by atoms with van der Waals surface area (Å²) in [6.07, 6.45) is 2.58. The van der Waals surface area contributed by atoms with E-state index in [0.717, 1.165) is 13.0 Å². The van der Waals surface area contributed by atoms with Crippen molar-refractivity contribution >= 4 is 6.21 Å². The minimum absolute atomic E-state index is 0.443. The summed E-state index contributed by atoms with van der Waals surface area (Å²) in [5, 5.41) is 12.4. The van der Waals surface area contributed by atoms with E-state index in [9.17, 15) is 5.11 Å². The van der Waals surface area contributed by atoms with Crippen LogP contribution in [-0.4, -0.2) is 43.9 Å². The standard InChI is InChI=1S/C8H16N2O2/c1-9-4-3-8(11)12-6-7-2-5-10-7/h4,7-8,10-11H,2-3,5-6H2,1H3/t7-,8?/m0/s1. The molecule has 4 nitrogen and oxygen atoms in total. The molecule has 70 valence electrons. The third-order valence-electron chi connectivity index (χ3n) is 1.91. The molecule has 1 saturated heterocycles. The second-order valence-electron chi connectivity index (χ2n) is 2.90. The van der Waals surface area contributed by atoms with Gasteiger partial charge < -0.3 is 20.2 Å². The van der Waals surface area contributed by atoms with Crippen molar-refractivity contribution in [1.29, 1.82) is 0 Å². The van der Waals surface area contributed by atoms with Gasteiger partial charge >= 0.3 is 0 Å². The van der Waals surface area contributed by atoms with Crippen LogP contribution >= 0.6 is 0 Å². The molecule has 1 aliphatic heterocycles. The lowest BCUT2D eigenvalue weighted by molar-refractivity contribution is -0.103. The first-order chi connectivity index (χ1) is 5.83. The predicted octanol–water partition coefficient (Wildman–Crippen LogP) is -0.226. The SMILES string of the molecule is CN=CCC(O)OC[C@@H]1CCN1. The topological polar surface area (TPSA) is 53.9 Å². The third kappa shape index (κ3) is 3.30. The molecule has 0 aliphatic carbocycles. The highest BCUT2D eigenvalue weighted by Crippen LogP contribution is 2.03. The minimum Gasteiger partial charge on any atom is -0.368 e. The number of rotatable bonds is 5. The Hall–Kier alpha value is -0.450. The first-order valence-corrected chi connectivity index (χ1v) is 4.26. The molecule has 1 heterocycles. The van der Waals surface area contributed by atoms with Gasteiger partial charge in [0.05, 0.1) is 6.61 Å². The fourth-order valence-electron chi connectivity index (χ4n) is 0.982. The number of ether oxygens (including phenoxy) is 1. The van der Waals surface area contributed by atoms with Crippen LogP contribution in [-0.2, 0) is 4.74 Å². The van der Waals surface area contributed by atoms with Gasteiger partial charge in [-0.25, -0.2) is 0 Å². The number of hydrogen-bond donors (Lipinski definition) is 2. The number of hydrogen-bond acceptors (Lipinski definition) is 4. The fraction of sp³-hybridized carbons (Fsp3) is 0.875. The van der Waals surface area contributed by atoms with Gasteiger partial charge in [-0.05, 0) is 13.0 Å². The minimum atomic E-state index is -0.698. The van der Waals surface area contributed by atoms with Gasteiger partial charge in [-0.1, -0.05) is 0 Å². The van der Waals surface area contributed by atoms with Gasteiger partial charge in [0.25, 0.3) is 0 Å². The van der Waals surface area contributed by atoms with Crippen LogP contribution in [0.15, 0.2) is 4.99 Å². The predicted molar refractivity (Wildman–Crippen MR) is 47.4 cm³/mol. The summed E-state index contributed by atoms with van der Waals surface area (Å²) in [5.41, 5.74) is 0. The molecule has 0 aromatic heterocycles. The molecular weight excluding hydrogens is 156 g/mol. The van der Waals surface area contributed by atoms with E-state index >= 15 is 0 Å². The van der Waals surface area contributed by atoms with E-state index in [1.165, 1.54) is 0 Å². The maximum atomic E-state index is 9.21. The zero-order chi connectivity index (χ0) is 8.81. The summed E-state index contributed by atoms with van der Waals surface area (Å²) in [5.74, 6) is 0. The van der Waals surface area contributed by atoms with Crippen molar-refractivity contribution < 1.29 is 9.84 Å². The number of nitrogens with one attached hydrogen (secondary N) is 1. The first-order valence-electron chi connectivity index (χ1n) is 4.26. The summed E-state index contributed by atoms with van der Waals surface area (Å²) in [4.78, 5) is 3.76. The summed E-state index contributed by atoms with van der Waals surface area (Å²) in [6.45, 7) is 1.67. The second-order valence-corrected chi connectivity index (χ2v) is 2.90. The molecule has 0 amide bonds. The average Bonchev–Trinajstić information content (AvgIpc) is 1.98. The number of aliphatic hydroxyl groups is 1. The smallest absolute Gasteiger partial charge is 0.159 e. The first kappa shape index (κ1) is 9.64. The van der Waals surface area contributed by atoms with Crippen molar-refractivity contribution in [1.82, 2.24) is 5.32 Å². The molecule has 1 unspecified atom stereocenters. The maximum Gasteiger partial charge on any atom is 0.159 e. The molecule has 0 aromatic carbocycles. The van der Waals surface area contributed by atoms with Crippen LogP contribution in [0.3, 0.4) is 0 Å². The molecule has 0 bridgehead atoms. The van der Waals surface area contributed by atoms with Crippen molar-refractivity contribution in [2.75, 3.05) is 20.2 Å². The number of aliphatic imine (C=N–C) groups is 1. The Bertz CT molecular complexity index is 146. The Morgan fingerprint density at radius 3 is 3.08 bits per heavy atom. The van der Waals surface area contributed by atoms with Gasteiger partial charge in [0.1, 0.15) is 0 Å². The summed E-state index contributed by atoms with van der Waals surface area (Å²) in [6, 6.07) is 0.443. The molecule has 1 aliphatic rings. The van der Waals surface area contributed by atoms with Crippen molar-refractivity contribution in [2.24, 2.45) is 4.99 Å². The number of nitrogens with zero attached hydrogens (tertiary/aromatic N) is 1. The fourth-order valence-corrected chi connectivity index (χ4v) is 0.982. The van der Waals surface area contributed by atoms with Crippen LogP contribution in [0.1, 0.15) is 12.8 Å². The molecule has 4 heteroatoms. The Balaban J connectivity index is 1.97. The van der Waals surface area contributed by atoms with E-state index in [0.29, 0.717) is 19.1 Å². The highest BCUT2D eigenvalue weighted by atomic mass is 16.6. The van der Waals surface area contributed by atoms with Crippen LogP contribution in [0.25, 0.3) is 0 Å². The van der Waals surface area contributed by atoms with Crippen molar-refractivity contribution in [3.63, 3.8) is 0 Å². The lowest BCUT2D eigenvalue weighted by Crippen LogP contribution is -2.46. The maximum absolute atomic E-state index is 9.21. The second kappa shape index (κ2) is 5.24. The van der Waals surface area contributed by atoms with Gasteiger partial charge in [-0.2, -0.15) is 0 Å². The lowest BCUT2D eigenvalue weighted by atomic mass is 10.1. The Morgan fingerprint density at radius 1 is 1.83 bits per heavy atom. The molecule has 12 heavy (non-hydrogen) atoms. The molecule has 2 atom stereocenters. The molecule has 0 radical (unpaired) electrons. The zero-order valence-electron chi connectivity index (χ0n) is 7.36. The molecule has 2 N–H and O–H groups in total. The van der Waals surface area contributed by atoms with Gasteiger partial charge in [0, 0.05) is 25.7 Å². The summed E-state index contributed by atoms with van der Waals surface area (Å²) < 4.78 is 5.15. The largest absolute Gasteiger partial charge is 0.368 e. The van der Waals surface area contributed by atoms with Crippen LogP contribution < -0.4 is 5.32 Å². The molecule has 1 rings (SSSR count). The van der Waals surface area contributed by atoms with Crippen LogP contribution in [0.2, 0.25) is 0 Å². The van der Waals surface area contributed by atoms with Gasteiger partial charge in [0.2, 0.25) is 0 Å². The van der Waals surface area contributed by atoms with Crippen LogP contribution in [0.4, 0.5) is 0 Å². The summed E-state index contributed by atoms with van der Waals surface area (Å²) in [7, 11) is 1.68. The summed E-state index contributed by atoms with van der Waals surface area (Å²) >= 11 is 0. The average molecular weight is 172 g/mol.